The van der Waals surface area contributed by atoms with Gasteiger partial charge in [-0.2, -0.15) is 13.2 Å². The van der Waals surface area contributed by atoms with Gasteiger partial charge in [-0.3, -0.25) is 4.79 Å². The van der Waals surface area contributed by atoms with E-state index in [0.717, 1.165) is 44.1 Å². The van der Waals surface area contributed by atoms with Crippen molar-refractivity contribution >= 4 is 16.7 Å². The number of benzene rings is 2. The van der Waals surface area contributed by atoms with Crippen LogP contribution in [0.1, 0.15) is 89.7 Å². The molecule has 0 unspecified atom stereocenters. The molecule has 192 valence electrons. The van der Waals surface area contributed by atoms with E-state index in [1.54, 1.807) is 18.2 Å². The lowest BCUT2D eigenvalue weighted by molar-refractivity contribution is -0.159. The summed E-state index contributed by atoms with van der Waals surface area (Å²) in [4.78, 5) is 11.5. The Morgan fingerprint density at radius 2 is 1.80 bits per heavy atom. The zero-order valence-electron chi connectivity index (χ0n) is 21.1. The number of carbonyl (C=O) groups is 1. The number of halogens is 3. The van der Waals surface area contributed by atoms with E-state index >= 15 is 0 Å². The van der Waals surface area contributed by atoms with E-state index < -0.39 is 17.7 Å². The lowest BCUT2D eigenvalue weighted by atomic mass is 9.53. The highest BCUT2D eigenvalue weighted by atomic mass is 19.4. The van der Waals surface area contributed by atoms with Crippen LogP contribution in [-0.2, 0) is 11.0 Å². The third-order valence-electron chi connectivity index (χ3n) is 8.93. The van der Waals surface area contributed by atoms with E-state index in [4.69, 9.17) is 4.74 Å². The monoisotopic (exact) mass is 490 g/mol. The number of ether oxygens (including phenoxy) is 1. The first-order chi connectivity index (χ1) is 16.4. The van der Waals surface area contributed by atoms with Crippen molar-refractivity contribution in [3.63, 3.8) is 0 Å². The third kappa shape index (κ3) is 5.17. The minimum atomic E-state index is -4.53. The van der Waals surface area contributed by atoms with E-state index in [9.17, 15) is 23.1 Å². The number of fused-ring (bicyclic) bond motifs is 1. The number of hydrogen-bond acceptors (Lipinski definition) is 2. The molecule has 2 aliphatic carbocycles. The van der Waals surface area contributed by atoms with Crippen molar-refractivity contribution in [2.45, 2.75) is 90.8 Å². The molecule has 0 heterocycles. The van der Waals surface area contributed by atoms with Crippen molar-refractivity contribution in [3.05, 3.63) is 41.5 Å². The van der Waals surface area contributed by atoms with Gasteiger partial charge in [0, 0.05) is 0 Å². The molecule has 35 heavy (non-hydrogen) atoms. The molecule has 2 saturated carbocycles. The van der Waals surface area contributed by atoms with E-state index in [1.165, 1.54) is 6.07 Å². The molecule has 0 spiro atoms. The van der Waals surface area contributed by atoms with Gasteiger partial charge in [0.25, 0.3) is 0 Å². The second-order valence-electron chi connectivity index (χ2n) is 11.4. The lowest BCUT2D eigenvalue weighted by Gasteiger charge is -2.51. The van der Waals surface area contributed by atoms with Crippen molar-refractivity contribution in [3.8, 4) is 5.75 Å². The highest BCUT2D eigenvalue weighted by molar-refractivity contribution is 5.89. The van der Waals surface area contributed by atoms with Crippen LogP contribution in [0, 0.1) is 23.2 Å². The number of rotatable bonds is 7. The van der Waals surface area contributed by atoms with Gasteiger partial charge in [0.1, 0.15) is 11.3 Å². The first-order valence-electron chi connectivity index (χ1n) is 12.9. The summed E-state index contributed by atoms with van der Waals surface area (Å²) in [5, 5.41) is 10.1. The Hall–Kier alpha value is -2.24. The first kappa shape index (κ1) is 25.8. The van der Waals surface area contributed by atoms with E-state index in [2.05, 4.69) is 6.92 Å². The molecule has 0 aliphatic heterocycles. The fourth-order valence-corrected chi connectivity index (χ4v) is 6.25. The maximum absolute atomic E-state index is 14.3. The summed E-state index contributed by atoms with van der Waals surface area (Å²) in [6.45, 7) is 8.13. The van der Waals surface area contributed by atoms with Gasteiger partial charge in [-0.15, -0.1) is 0 Å². The molecule has 4 rings (SSSR count). The molecule has 2 aromatic carbocycles. The van der Waals surface area contributed by atoms with Crippen LogP contribution in [0.4, 0.5) is 13.2 Å². The fourth-order valence-electron chi connectivity index (χ4n) is 6.25. The van der Waals surface area contributed by atoms with Gasteiger partial charge in [-0.25, -0.2) is 0 Å². The molecule has 1 N–H and O–H groups in total. The van der Waals surface area contributed by atoms with Crippen molar-refractivity contribution in [2.24, 2.45) is 23.2 Å². The Morgan fingerprint density at radius 1 is 1.14 bits per heavy atom. The summed E-state index contributed by atoms with van der Waals surface area (Å²) < 4.78 is 49.0. The number of hydrogen-bond donors (Lipinski definition) is 1. The quantitative estimate of drug-likeness (QED) is 0.423. The Bertz CT molecular complexity index is 1070. The zero-order chi connectivity index (χ0) is 25.5. The van der Waals surface area contributed by atoms with Crippen molar-refractivity contribution in [1.82, 2.24) is 0 Å². The van der Waals surface area contributed by atoms with Crippen molar-refractivity contribution < 1.29 is 27.8 Å². The second-order valence-corrected chi connectivity index (χ2v) is 11.4. The number of alkyl halides is 3. The highest BCUT2D eigenvalue weighted by Crippen LogP contribution is 2.55. The van der Waals surface area contributed by atoms with Crippen molar-refractivity contribution in [1.29, 1.82) is 0 Å². The molecule has 2 fully saturated rings. The number of carboxylic acids is 1. The van der Waals surface area contributed by atoms with E-state index in [0.29, 0.717) is 17.7 Å². The molecule has 0 radical (unpaired) electrons. The van der Waals surface area contributed by atoms with Gasteiger partial charge in [-0.1, -0.05) is 58.4 Å². The SMILES string of the molecule is CCC1CCC(Oc2ccc3ccc([C@H](C)C[C@@H]4C[C@H](C(=O)O)C4(C)C)cc3c2C(F)(F)F)CC1. The number of carboxylic acid groups (broad SMARTS) is 1. The van der Waals surface area contributed by atoms with Crippen LogP contribution in [0.2, 0.25) is 0 Å². The summed E-state index contributed by atoms with van der Waals surface area (Å²) in [7, 11) is 0. The smallest absolute Gasteiger partial charge is 0.420 e. The predicted octanol–water partition coefficient (Wildman–Crippen LogP) is 8.45. The Morgan fingerprint density at radius 3 is 2.37 bits per heavy atom. The van der Waals surface area contributed by atoms with Gasteiger partial charge in [0.2, 0.25) is 0 Å². The first-order valence-corrected chi connectivity index (χ1v) is 12.9. The normalized spacial score (nSPS) is 27.3. The Labute approximate surface area is 206 Å². The lowest BCUT2D eigenvalue weighted by Crippen LogP contribution is -2.49. The van der Waals surface area contributed by atoms with Gasteiger partial charge in [0.15, 0.2) is 0 Å². The molecule has 3 nitrogen and oxygen atoms in total. The molecule has 0 amide bonds. The van der Waals surface area contributed by atoms with Crippen LogP contribution in [-0.4, -0.2) is 17.2 Å². The number of aliphatic carboxylic acids is 1. The maximum Gasteiger partial charge on any atom is 0.420 e. The molecule has 3 atom stereocenters. The van der Waals surface area contributed by atoms with Crippen LogP contribution >= 0.6 is 0 Å². The molecule has 2 aromatic rings. The summed E-state index contributed by atoms with van der Waals surface area (Å²) in [5.74, 6) is -0.309. The molecular formula is C29H37F3O3. The minimum absolute atomic E-state index is 0.0217. The average molecular weight is 491 g/mol. The Kier molecular flexibility index (Phi) is 7.14. The van der Waals surface area contributed by atoms with Crippen LogP contribution in [0.15, 0.2) is 30.3 Å². The zero-order valence-corrected chi connectivity index (χ0v) is 21.1. The predicted molar refractivity (Wildman–Crippen MR) is 132 cm³/mol. The maximum atomic E-state index is 14.3. The molecule has 0 aromatic heterocycles. The van der Waals surface area contributed by atoms with E-state index in [1.807, 2.05) is 26.8 Å². The molecule has 6 heteroatoms. The van der Waals surface area contributed by atoms with Crippen molar-refractivity contribution in [2.75, 3.05) is 0 Å². The summed E-state index contributed by atoms with van der Waals surface area (Å²) in [6.07, 6.45) is 1.34. The van der Waals surface area contributed by atoms with Crippen LogP contribution < -0.4 is 4.74 Å². The summed E-state index contributed by atoms with van der Waals surface area (Å²) in [5.41, 5.74) is -0.152. The largest absolute Gasteiger partial charge is 0.490 e. The summed E-state index contributed by atoms with van der Waals surface area (Å²) >= 11 is 0. The fraction of sp³-hybridized carbons (Fsp3) is 0.621. The Balaban J connectivity index is 1.60. The average Bonchev–Trinajstić information content (AvgIpc) is 2.80. The summed E-state index contributed by atoms with van der Waals surface area (Å²) in [6, 6.07) is 8.53. The molecule has 0 bridgehead atoms. The molecular weight excluding hydrogens is 453 g/mol. The minimum Gasteiger partial charge on any atom is -0.490 e. The standard InChI is InChI=1S/C29H37F3O3/c1-5-18-6-11-22(12-7-18)35-25-13-10-19-8-9-20(15-23(19)26(25)29(30,31)32)17(2)14-21-16-24(27(33)34)28(21,3)4/h8-10,13,15,17-18,21-22,24H,5-7,11-12,14,16H2,1-4H3,(H,33,34)/t17-,18?,21-,22?,24-/m1/s1. The van der Waals surface area contributed by atoms with Crippen LogP contribution in [0.5, 0.6) is 5.75 Å². The topological polar surface area (TPSA) is 46.5 Å². The van der Waals surface area contributed by atoms with Gasteiger partial charge in [0.05, 0.1) is 12.0 Å². The van der Waals surface area contributed by atoms with Crippen LogP contribution in [0.25, 0.3) is 10.8 Å². The van der Waals surface area contributed by atoms with Gasteiger partial charge >= 0.3 is 12.1 Å². The van der Waals surface area contributed by atoms with Gasteiger partial charge in [-0.05, 0) is 84.1 Å². The van der Waals surface area contributed by atoms with Gasteiger partial charge < -0.3 is 9.84 Å². The molecule has 2 aliphatic rings. The second kappa shape index (κ2) is 9.67. The van der Waals surface area contributed by atoms with Crippen LogP contribution in [0.3, 0.4) is 0 Å². The molecule has 0 saturated heterocycles. The third-order valence-corrected chi connectivity index (χ3v) is 8.93. The highest BCUT2D eigenvalue weighted by Gasteiger charge is 2.51. The van der Waals surface area contributed by atoms with E-state index in [-0.39, 0.29) is 40.4 Å².